The molecule has 0 spiro atoms. The van der Waals surface area contributed by atoms with Gasteiger partial charge in [-0.25, -0.2) is 0 Å². The number of hydrogen-bond donors (Lipinski definition) is 1. The van der Waals surface area contributed by atoms with E-state index in [1.807, 2.05) is 6.26 Å². The second kappa shape index (κ2) is 7.89. The minimum atomic E-state index is 0.815. The molecule has 0 aliphatic carbocycles. The molecule has 1 aromatic heterocycles. The third kappa shape index (κ3) is 4.36. The first kappa shape index (κ1) is 15.6. The Kier molecular flexibility index (Phi) is 5.88. The highest BCUT2D eigenvalue weighted by molar-refractivity contribution is 5.52. The highest BCUT2D eigenvalue weighted by atomic mass is 16.3. The number of rotatable bonds is 8. The van der Waals surface area contributed by atoms with Gasteiger partial charge in [0, 0.05) is 24.3 Å². The van der Waals surface area contributed by atoms with Crippen molar-refractivity contribution >= 4 is 5.69 Å². The average Bonchev–Trinajstić information content (AvgIpc) is 2.93. The molecule has 0 aliphatic heterocycles. The summed E-state index contributed by atoms with van der Waals surface area (Å²) in [4.78, 5) is 2.34. The number of anilines is 1. The van der Waals surface area contributed by atoms with E-state index in [-0.39, 0.29) is 0 Å². The van der Waals surface area contributed by atoms with Gasteiger partial charge in [-0.1, -0.05) is 25.1 Å². The van der Waals surface area contributed by atoms with Gasteiger partial charge in [0.15, 0.2) is 0 Å². The van der Waals surface area contributed by atoms with Crippen molar-refractivity contribution in [2.75, 3.05) is 18.0 Å². The highest BCUT2D eigenvalue weighted by Crippen LogP contribution is 2.22. The number of nitrogens with one attached hydrogen (secondary N) is 1. The SMILES string of the molecule is CCCNCc1coc(CN(CC)c2ccccc2C)c1. The van der Waals surface area contributed by atoms with Gasteiger partial charge >= 0.3 is 0 Å². The Balaban J connectivity index is 2.01. The molecule has 0 radical (unpaired) electrons. The third-order valence-electron chi connectivity index (χ3n) is 3.65. The third-order valence-corrected chi connectivity index (χ3v) is 3.65. The largest absolute Gasteiger partial charge is 0.467 e. The van der Waals surface area contributed by atoms with E-state index >= 15 is 0 Å². The second-order valence-corrected chi connectivity index (χ2v) is 5.40. The zero-order valence-corrected chi connectivity index (χ0v) is 13.4. The zero-order valence-electron chi connectivity index (χ0n) is 13.4. The van der Waals surface area contributed by atoms with Crippen LogP contribution < -0.4 is 10.2 Å². The van der Waals surface area contributed by atoms with Gasteiger partial charge in [0.25, 0.3) is 0 Å². The Labute approximate surface area is 128 Å². The first-order valence-corrected chi connectivity index (χ1v) is 7.82. The van der Waals surface area contributed by atoms with Gasteiger partial charge in [-0.15, -0.1) is 0 Å². The molecule has 21 heavy (non-hydrogen) atoms. The fraction of sp³-hybridized carbons (Fsp3) is 0.444. The first-order chi connectivity index (χ1) is 10.2. The summed E-state index contributed by atoms with van der Waals surface area (Å²) in [5, 5.41) is 3.40. The number of furan rings is 1. The van der Waals surface area contributed by atoms with Crippen LogP contribution in [-0.4, -0.2) is 13.1 Å². The Morgan fingerprint density at radius 2 is 2.00 bits per heavy atom. The van der Waals surface area contributed by atoms with Crippen LogP contribution in [0.4, 0.5) is 5.69 Å². The molecule has 0 saturated heterocycles. The highest BCUT2D eigenvalue weighted by Gasteiger charge is 2.10. The maximum Gasteiger partial charge on any atom is 0.123 e. The molecule has 0 atom stereocenters. The van der Waals surface area contributed by atoms with Gasteiger partial charge in [-0.3, -0.25) is 0 Å². The van der Waals surface area contributed by atoms with Crippen molar-refractivity contribution in [2.24, 2.45) is 0 Å². The van der Waals surface area contributed by atoms with Crippen LogP contribution in [0.25, 0.3) is 0 Å². The number of benzene rings is 1. The van der Waals surface area contributed by atoms with E-state index in [4.69, 9.17) is 4.42 Å². The maximum atomic E-state index is 5.71. The topological polar surface area (TPSA) is 28.4 Å². The Bertz CT molecular complexity index is 548. The lowest BCUT2D eigenvalue weighted by atomic mass is 10.1. The van der Waals surface area contributed by atoms with Crippen LogP contribution >= 0.6 is 0 Å². The molecule has 0 amide bonds. The molecule has 3 nitrogen and oxygen atoms in total. The van der Waals surface area contributed by atoms with Crippen molar-refractivity contribution in [2.45, 2.75) is 40.3 Å². The van der Waals surface area contributed by atoms with Crippen molar-refractivity contribution in [1.82, 2.24) is 5.32 Å². The molecular formula is C18H26N2O. The van der Waals surface area contributed by atoms with Crippen LogP contribution in [-0.2, 0) is 13.1 Å². The van der Waals surface area contributed by atoms with Crippen molar-refractivity contribution in [1.29, 1.82) is 0 Å². The minimum absolute atomic E-state index is 0.815. The summed E-state index contributed by atoms with van der Waals surface area (Å²) in [6, 6.07) is 10.7. The fourth-order valence-electron chi connectivity index (χ4n) is 2.48. The molecule has 3 heteroatoms. The van der Waals surface area contributed by atoms with Crippen LogP contribution in [0.5, 0.6) is 0 Å². The number of hydrogen-bond acceptors (Lipinski definition) is 3. The van der Waals surface area contributed by atoms with Gasteiger partial charge < -0.3 is 14.6 Å². The quantitative estimate of drug-likeness (QED) is 0.740. The van der Waals surface area contributed by atoms with Crippen LogP contribution in [0.1, 0.15) is 37.2 Å². The van der Waals surface area contributed by atoms with Crippen molar-refractivity contribution in [3.05, 3.63) is 53.5 Å². The minimum Gasteiger partial charge on any atom is -0.467 e. The van der Waals surface area contributed by atoms with Gasteiger partial charge in [-0.2, -0.15) is 0 Å². The lowest BCUT2D eigenvalue weighted by molar-refractivity contribution is 0.500. The Morgan fingerprint density at radius 1 is 1.19 bits per heavy atom. The molecule has 0 unspecified atom stereocenters. The summed E-state index contributed by atoms with van der Waals surface area (Å²) < 4.78 is 5.71. The molecule has 2 aromatic rings. The van der Waals surface area contributed by atoms with Gasteiger partial charge in [0.1, 0.15) is 5.76 Å². The number of aryl methyl sites for hydroxylation is 1. The standard InChI is InChI=1S/C18H26N2O/c1-4-10-19-12-16-11-17(21-14-16)13-20(5-2)18-9-7-6-8-15(18)3/h6-9,11,14,19H,4-5,10,12-13H2,1-3H3. The normalized spacial score (nSPS) is 10.8. The molecule has 114 valence electrons. The maximum absolute atomic E-state index is 5.71. The molecule has 0 fully saturated rings. The fourth-order valence-corrected chi connectivity index (χ4v) is 2.48. The lowest BCUT2D eigenvalue weighted by Gasteiger charge is -2.23. The molecule has 1 N–H and O–H groups in total. The summed E-state index contributed by atoms with van der Waals surface area (Å²) in [7, 11) is 0. The predicted molar refractivity (Wildman–Crippen MR) is 88.6 cm³/mol. The predicted octanol–water partition coefficient (Wildman–Crippen LogP) is 4.11. The molecular weight excluding hydrogens is 260 g/mol. The Morgan fingerprint density at radius 3 is 2.71 bits per heavy atom. The summed E-state index contributed by atoms with van der Waals surface area (Å²) >= 11 is 0. The van der Waals surface area contributed by atoms with Crippen molar-refractivity contribution in [3.63, 3.8) is 0 Å². The van der Waals surface area contributed by atoms with Crippen molar-refractivity contribution in [3.8, 4) is 0 Å². The number of nitrogens with zero attached hydrogens (tertiary/aromatic N) is 1. The second-order valence-electron chi connectivity index (χ2n) is 5.40. The van der Waals surface area contributed by atoms with E-state index < -0.39 is 0 Å². The van der Waals surface area contributed by atoms with Gasteiger partial charge in [0.05, 0.1) is 12.8 Å². The molecule has 0 aliphatic rings. The first-order valence-electron chi connectivity index (χ1n) is 7.82. The van der Waals surface area contributed by atoms with Gasteiger partial charge in [0.2, 0.25) is 0 Å². The smallest absolute Gasteiger partial charge is 0.123 e. The summed E-state index contributed by atoms with van der Waals surface area (Å²) in [5.74, 6) is 1.02. The van der Waals surface area contributed by atoms with Crippen LogP contribution in [0.3, 0.4) is 0 Å². The van der Waals surface area contributed by atoms with E-state index in [2.05, 4.69) is 61.3 Å². The van der Waals surface area contributed by atoms with Gasteiger partial charge in [-0.05, 0) is 44.5 Å². The van der Waals surface area contributed by atoms with Crippen molar-refractivity contribution < 1.29 is 4.42 Å². The molecule has 1 aromatic carbocycles. The van der Waals surface area contributed by atoms with E-state index in [0.717, 1.165) is 38.4 Å². The Hall–Kier alpha value is -1.74. The molecule has 1 heterocycles. The lowest BCUT2D eigenvalue weighted by Crippen LogP contribution is -2.22. The van der Waals surface area contributed by atoms with E-state index in [9.17, 15) is 0 Å². The molecule has 0 saturated carbocycles. The van der Waals surface area contributed by atoms with Crippen LogP contribution in [0.15, 0.2) is 41.0 Å². The van der Waals surface area contributed by atoms with E-state index in [1.165, 1.54) is 16.8 Å². The zero-order chi connectivity index (χ0) is 15.1. The summed E-state index contributed by atoms with van der Waals surface area (Å²) in [6.07, 6.45) is 3.02. The van der Waals surface area contributed by atoms with Crippen LogP contribution in [0.2, 0.25) is 0 Å². The summed E-state index contributed by atoms with van der Waals surface area (Å²) in [5.41, 5.74) is 3.80. The van der Waals surface area contributed by atoms with E-state index in [1.54, 1.807) is 0 Å². The average molecular weight is 286 g/mol. The monoisotopic (exact) mass is 286 g/mol. The van der Waals surface area contributed by atoms with Crippen LogP contribution in [0, 0.1) is 6.92 Å². The summed E-state index contributed by atoms with van der Waals surface area (Å²) in [6.45, 7) is 10.2. The number of para-hydroxylation sites is 1. The molecule has 2 rings (SSSR count). The molecule has 0 bridgehead atoms. The van der Waals surface area contributed by atoms with E-state index in [0.29, 0.717) is 0 Å².